The van der Waals surface area contributed by atoms with Gasteiger partial charge in [-0.05, 0) is 40.7 Å². The van der Waals surface area contributed by atoms with Gasteiger partial charge in [0.2, 0.25) is 0 Å². The van der Waals surface area contributed by atoms with Crippen LogP contribution >= 0.6 is 0 Å². The summed E-state index contributed by atoms with van der Waals surface area (Å²) in [5, 5.41) is 0. The molecule has 4 heteroatoms. The predicted molar refractivity (Wildman–Crippen MR) is 58.5 cm³/mol. The Morgan fingerprint density at radius 2 is 1.57 bits per heavy atom. The number of ether oxygens (including phenoxy) is 2. The lowest BCUT2D eigenvalue weighted by atomic mass is 10.3. The molecule has 0 N–H and O–H groups in total. The Labute approximate surface area is 87.8 Å². The van der Waals surface area contributed by atoms with Crippen LogP contribution in [-0.2, 0) is 9.47 Å². The minimum Gasteiger partial charge on any atom is -0.355 e. The molecule has 0 radical (unpaired) electrons. The van der Waals surface area contributed by atoms with Gasteiger partial charge in [0, 0.05) is 20.8 Å². The molecule has 0 aliphatic carbocycles. The van der Waals surface area contributed by atoms with Gasteiger partial charge in [-0.25, -0.2) is 0 Å². The van der Waals surface area contributed by atoms with Gasteiger partial charge >= 0.3 is 0 Å². The normalized spacial score (nSPS) is 12.0. The highest BCUT2D eigenvalue weighted by molar-refractivity contribution is 4.56. The topological polar surface area (TPSA) is 24.9 Å². The quantitative estimate of drug-likeness (QED) is 0.537. The third kappa shape index (κ3) is 7.26. The van der Waals surface area contributed by atoms with Crippen molar-refractivity contribution >= 4 is 0 Å². The first-order valence-electron chi connectivity index (χ1n) is 4.99. The molecule has 0 atom stereocenters. The molecule has 0 bridgehead atoms. The molecule has 86 valence electrons. The van der Waals surface area contributed by atoms with Crippen LogP contribution in [0.15, 0.2) is 0 Å². The monoisotopic (exact) mass is 204 g/mol. The molecule has 0 fully saturated rings. The molecule has 0 saturated heterocycles. The maximum atomic E-state index is 5.12. The van der Waals surface area contributed by atoms with Gasteiger partial charge in [0.25, 0.3) is 0 Å². The zero-order valence-electron chi connectivity index (χ0n) is 10.1. The van der Waals surface area contributed by atoms with E-state index in [4.69, 9.17) is 9.47 Å². The molecular formula is C10H24N2O2. The summed E-state index contributed by atoms with van der Waals surface area (Å²) in [6.45, 7) is 3.01. The average molecular weight is 204 g/mol. The Morgan fingerprint density at radius 1 is 1.00 bits per heavy atom. The Balaban J connectivity index is 3.48. The average Bonchev–Trinajstić information content (AvgIpc) is 2.13. The molecule has 0 aromatic heterocycles. The smallest absolute Gasteiger partial charge is 0.169 e. The van der Waals surface area contributed by atoms with Crippen molar-refractivity contribution in [2.45, 2.75) is 12.7 Å². The van der Waals surface area contributed by atoms with Crippen LogP contribution in [-0.4, -0.2) is 71.1 Å². The van der Waals surface area contributed by atoms with Gasteiger partial charge < -0.3 is 19.3 Å². The van der Waals surface area contributed by atoms with Crippen molar-refractivity contribution in [3.05, 3.63) is 0 Å². The molecule has 0 aromatic carbocycles. The van der Waals surface area contributed by atoms with E-state index >= 15 is 0 Å². The second-order valence-electron chi connectivity index (χ2n) is 3.82. The second kappa shape index (κ2) is 8.17. The number of nitrogens with zero attached hydrogens (tertiary/aromatic N) is 2. The van der Waals surface area contributed by atoms with E-state index in [0.717, 1.165) is 19.6 Å². The van der Waals surface area contributed by atoms with Crippen LogP contribution in [0.4, 0.5) is 0 Å². The van der Waals surface area contributed by atoms with Crippen LogP contribution in [0.3, 0.4) is 0 Å². The minimum atomic E-state index is -0.112. The van der Waals surface area contributed by atoms with Crippen molar-refractivity contribution in [3.8, 4) is 0 Å². The largest absolute Gasteiger partial charge is 0.355 e. The number of hydrogen-bond acceptors (Lipinski definition) is 4. The highest BCUT2D eigenvalue weighted by Gasteiger charge is 2.08. The number of rotatable bonds is 8. The van der Waals surface area contributed by atoms with E-state index in [1.165, 1.54) is 6.42 Å². The third-order valence-electron chi connectivity index (χ3n) is 2.13. The van der Waals surface area contributed by atoms with Crippen molar-refractivity contribution in [3.63, 3.8) is 0 Å². The molecular weight excluding hydrogens is 180 g/mol. The lowest BCUT2D eigenvalue weighted by Crippen LogP contribution is -2.33. The molecule has 0 unspecified atom stereocenters. The molecule has 0 amide bonds. The van der Waals surface area contributed by atoms with Crippen molar-refractivity contribution in [1.29, 1.82) is 0 Å². The minimum absolute atomic E-state index is 0.112. The standard InChI is InChI=1S/C10H24N2O2/c1-11(2)7-6-8-12(3)9-10(13-4)14-5/h10H,6-9H2,1-5H3. The number of hydrogen-bond donors (Lipinski definition) is 0. The Morgan fingerprint density at radius 3 is 2.00 bits per heavy atom. The molecule has 0 rings (SSSR count). The Bertz CT molecular complexity index is 127. The maximum absolute atomic E-state index is 5.12. The van der Waals surface area contributed by atoms with Gasteiger partial charge in [0.1, 0.15) is 0 Å². The first-order chi connectivity index (χ1) is 6.60. The molecule has 0 heterocycles. The first-order valence-corrected chi connectivity index (χ1v) is 4.99. The summed E-state index contributed by atoms with van der Waals surface area (Å²) >= 11 is 0. The highest BCUT2D eigenvalue weighted by Crippen LogP contribution is 1.96. The molecule has 0 aliphatic rings. The van der Waals surface area contributed by atoms with Gasteiger partial charge in [0.05, 0.1) is 0 Å². The summed E-state index contributed by atoms with van der Waals surface area (Å²) < 4.78 is 10.2. The van der Waals surface area contributed by atoms with Crippen molar-refractivity contribution in [2.75, 3.05) is 55.0 Å². The highest BCUT2D eigenvalue weighted by atomic mass is 16.7. The summed E-state index contributed by atoms with van der Waals surface area (Å²) in [7, 11) is 9.60. The van der Waals surface area contributed by atoms with Crippen LogP contribution in [0.5, 0.6) is 0 Å². The number of methoxy groups -OCH3 is 2. The van der Waals surface area contributed by atoms with E-state index < -0.39 is 0 Å². The molecule has 0 spiro atoms. The molecule has 0 aliphatic heterocycles. The molecule has 4 nitrogen and oxygen atoms in total. The molecule has 14 heavy (non-hydrogen) atoms. The van der Waals surface area contributed by atoms with Gasteiger partial charge in [-0.2, -0.15) is 0 Å². The predicted octanol–water partition coefficient (Wildman–Crippen LogP) is 0.489. The van der Waals surface area contributed by atoms with Crippen LogP contribution < -0.4 is 0 Å². The third-order valence-corrected chi connectivity index (χ3v) is 2.13. The van der Waals surface area contributed by atoms with E-state index in [-0.39, 0.29) is 6.29 Å². The first kappa shape index (κ1) is 13.8. The van der Waals surface area contributed by atoms with E-state index in [2.05, 4.69) is 30.9 Å². The zero-order valence-corrected chi connectivity index (χ0v) is 10.1. The summed E-state index contributed by atoms with van der Waals surface area (Å²) in [5.74, 6) is 0. The van der Waals surface area contributed by atoms with Crippen LogP contribution in [0.2, 0.25) is 0 Å². The van der Waals surface area contributed by atoms with E-state index in [0.29, 0.717) is 0 Å². The van der Waals surface area contributed by atoms with Gasteiger partial charge in [0.15, 0.2) is 6.29 Å². The maximum Gasteiger partial charge on any atom is 0.169 e. The zero-order chi connectivity index (χ0) is 11.0. The van der Waals surface area contributed by atoms with E-state index in [1.54, 1.807) is 14.2 Å². The summed E-state index contributed by atoms with van der Waals surface area (Å²) in [6, 6.07) is 0. The summed E-state index contributed by atoms with van der Waals surface area (Å²) in [6.07, 6.45) is 1.06. The van der Waals surface area contributed by atoms with Gasteiger partial charge in [-0.3, -0.25) is 0 Å². The van der Waals surface area contributed by atoms with Crippen LogP contribution in [0, 0.1) is 0 Å². The van der Waals surface area contributed by atoms with Crippen LogP contribution in [0.1, 0.15) is 6.42 Å². The molecule has 0 saturated carbocycles. The van der Waals surface area contributed by atoms with Crippen molar-refractivity contribution < 1.29 is 9.47 Å². The van der Waals surface area contributed by atoms with E-state index in [1.807, 2.05) is 0 Å². The van der Waals surface area contributed by atoms with Gasteiger partial charge in [-0.1, -0.05) is 0 Å². The van der Waals surface area contributed by atoms with Gasteiger partial charge in [-0.15, -0.1) is 0 Å². The van der Waals surface area contributed by atoms with Crippen LogP contribution in [0.25, 0.3) is 0 Å². The fourth-order valence-electron chi connectivity index (χ4n) is 1.25. The lowest BCUT2D eigenvalue weighted by molar-refractivity contribution is -0.113. The fourth-order valence-corrected chi connectivity index (χ4v) is 1.25. The summed E-state index contributed by atoms with van der Waals surface area (Å²) in [5.41, 5.74) is 0. The lowest BCUT2D eigenvalue weighted by Gasteiger charge is -2.22. The molecule has 0 aromatic rings. The van der Waals surface area contributed by atoms with Crippen molar-refractivity contribution in [1.82, 2.24) is 9.80 Å². The number of likely N-dealkylation sites (N-methyl/N-ethyl adjacent to an activating group) is 1. The summed E-state index contributed by atoms with van der Waals surface area (Å²) in [4.78, 5) is 4.42. The fraction of sp³-hybridized carbons (Fsp3) is 1.00. The SMILES string of the molecule is COC(CN(C)CCCN(C)C)OC. The second-order valence-corrected chi connectivity index (χ2v) is 3.82. The Kier molecular flexibility index (Phi) is 8.08. The van der Waals surface area contributed by atoms with E-state index in [9.17, 15) is 0 Å². The Hall–Kier alpha value is -0.160. The van der Waals surface area contributed by atoms with Crippen molar-refractivity contribution in [2.24, 2.45) is 0 Å².